The number of aromatic nitrogens is 4. The summed E-state index contributed by atoms with van der Waals surface area (Å²) in [5.41, 5.74) is 1.49. The van der Waals surface area contributed by atoms with Crippen molar-refractivity contribution in [1.29, 1.82) is 0 Å². The Morgan fingerprint density at radius 1 is 1.33 bits per heavy atom. The predicted molar refractivity (Wildman–Crippen MR) is 42.1 cm³/mol. The molecule has 15 heavy (non-hydrogen) atoms. The van der Waals surface area contributed by atoms with Gasteiger partial charge in [0.25, 0.3) is 5.89 Å². The van der Waals surface area contributed by atoms with Gasteiger partial charge in [0, 0.05) is 0 Å². The van der Waals surface area contributed by atoms with Gasteiger partial charge in [-0.3, -0.25) is 4.94 Å². The number of hydrogen-bond acceptors (Lipinski definition) is 9. The van der Waals surface area contributed by atoms with E-state index < -0.39 is 5.54 Å². The van der Waals surface area contributed by atoms with Gasteiger partial charge in [-0.15, -0.1) is 15.7 Å². The van der Waals surface area contributed by atoms with E-state index in [2.05, 4.69) is 40.4 Å². The van der Waals surface area contributed by atoms with Crippen LogP contribution in [0.5, 0.6) is 0 Å². The maximum absolute atomic E-state index is 5.07. The highest BCUT2D eigenvalue weighted by Gasteiger charge is 2.46. The molecular formula is C6H4N6O3. The lowest BCUT2D eigenvalue weighted by Crippen LogP contribution is -2.41. The number of hydrogen-bond donors (Lipinski definition) is 1. The fourth-order valence-corrected chi connectivity index (χ4v) is 1.22. The van der Waals surface area contributed by atoms with Crippen molar-refractivity contribution in [2.24, 2.45) is 5.16 Å². The molecule has 3 heterocycles. The molecule has 0 bridgehead atoms. The first kappa shape index (κ1) is 8.05. The van der Waals surface area contributed by atoms with Crippen molar-refractivity contribution in [1.82, 2.24) is 25.8 Å². The van der Waals surface area contributed by atoms with Gasteiger partial charge in [0.1, 0.15) is 0 Å². The average Bonchev–Trinajstić information content (AvgIpc) is 3.02. The fourth-order valence-electron chi connectivity index (χ4n) is 1.22. The van der Waals surface area contributed by atoms with Crippen molar-refractivity contribution in [2.45, 2.75) is 5.54 Å². The predicted octanol–water partition coefficient (Wildman–Crippen LogP) is -0.783. The van der Waals surface area contributed by atoms with Crippen molar-refractivity contribution in [3.8, 4) is 0 Å². The standard InChI is InChI=1S/C6H4N6O3/c1-6(12-15-9-1,4-7-2-14-11-4)5-10-8-3-13-5/h1-3,12H. The first-order valence-electron chi connectivity index (χ1n) is 3.93. The quantitative estimate of drug-likeness (QED) is 0.683. The van der Waals surface area contributed by atoms with Gasteiger partial charge >= 0.3 is 0 Å². The monoisotopic (exact) mass is 208 g/mol. The molecule has 0 saturated heterocycles. The Morgan fingerprint density at radius 2 is 2.33 bits per heavy atom. The largest absolute Gasteiger partial charge is 0.425 e. The molecule has 3 rings (SSSR count). The molecule has 1 N–H and O–H groups in total. The van der Waals surface area contributed by atoms with Crippen LogP contribution >= 0.6 is 0 Å². The summed E-state index contributed by atoms with van der Waals surface area (Å²) in [5, 5.41) is 14.6. The topological polar surface area (TPSA) is 111 Å². The lowest BCUT2D eigenvalue weighted by molar-refractivity contribution is 0.0317. The molecule has 0 aliphatic carbocycles. The summed E-state index contributed by atoms with van der Waals surface area (Å²) in [6, 6.07) is 0. The van der Waals surface area contributed by atoms with Crippen molar-refractivity contribution in [3.63, 3.8) is 0 Å². The molecule has 1 aliphatic heterocycles. The van der Waals surface area contributed by atoms with Gasteiger partial charge in [-0.2, -0.15) is 4.98 Å². The number of hydroxylamine groups is 1. The maximum Gasteiger partial charge on any atom is 0.253 e. The van der Waals surface area contributed by atoms with Crippen LogP contribution in [0.1, 0.15) is 11.7 Å². The van der Waals surface area contributed by atoms with Crippen LogP contribution in [0.4, 0.5) is 0 Å². The summed E-state index contributed by atoms with van der Waals surface area (Å²) in [6.07, 6.45) is 3.78. The molecule has 2 aromatic heterocycles. The van der Waals surface area contributed by atoms with E-state index in [9.17, 15) is 0 Å². The van der Waals surface area contributed by atoms with Gasteiger partial charge in [0.2, 0.25) is 24.2 Å². The van der Waals surface area contributed by atoms with Crippen LogP contribution in [0.2, 0.25) is 0 Å². The summed E-state index contributed by atoms with van der Waals surface area (Å²) in [5.74, 6) is 0.484. The van der Waals surface area contributed by atoms with E-state index in [1.807, 2.05) is 0 Å². The van der Waals surface area contributed by atoms with Crippen LogP contribution < -0.4 is 5.48 Å². The molecule has 0 saturated carbocycles. The third kappa shape index (κ3) is 1.03. The lowest BCUT2D eigenvalue weighted by atomic mass is 10.0. The van der Waals surface area contributed by atoms with E-state index in [-0.39, 0.29) is 11.7 Å². The summed E-state index contributed by atoms with van der Waals surface area (Å²) < 4.78 is 9.71. The summed E-state index contributed by atoms with van der Waals surface area (Å²) >= 11 is 0. The second kappa shape index (κ2) is 2.85. The molecule has 0 fully saturated rings. The van der Waals surface area contributed by atoms with Crippen LogP contribution in [0, 0.1) is 0 Å². The molecule has 9 heteroatoms. The Balaban J connectivity index is 2.15. The fraction of sp³-hybridized carbons (Fsp3) is 0.167. The van der Waals surface area contributed by atoms with Crippen molar-refractivity contribution >= 4 is 6.21 Å². The third-order valence-corrected chi connectivity index (χ3v) is 1.92. The van der Waals surface area contributed by atoms with Gasteiger partial charge < -0.3 is 8.94 Å². The Hall–Kier alpha value is -2.29. The molecule has 2 aromatic rings. The highest BCUT2D eigenvalue weighted by Crippen LogP contribution is 2.26. The Morgan fingerprint density at radius 3 is 2.93 bits per heavy atom. The van der Waals surface area contributed by atoms with Gasteiger partial charge in [0.15, 0.2) is 0 Å². The average molecular weight is 208 g/mol. The smallest absolute Gasteiger partial charge is 0.253 e. The highest BCUT2D eigenvalue weighted by molar-refractivity contribution is 5.75. The van der Waals surface area contributed by atoms with E-state index in [0.29, 0.717) is 0 Å². The molecule has 0 amide bonds. The lowest BCUT2D eigenvalue weighted by Gasteiger charge is -2.14. The molecule has 9 nitrogen and oxygen atoms in total. The zero-order valence-corrected chi connectivity index (χ0v) is 7.19. The summed E-state index contributed by atoms with van der Waals surface area (Å²) in [6.45, 7) is 0. The van der Waals surface area contributed by atoms with Gasteiger partial charge in [0.05, 0.1) is 6.21 Å². The minimum atomic E-state index is -1.08. The molecule has 1 atom stereocenters. The van der Waals surface area contributed by atoms with Crippen LogP contribution in [-0.2, 0) is 10.5 Å². The minimum absolute atomic E-state index is 0.213. The van der Waals surface area contributed by atoms with Crippen LogP contribution in [0.3, 0.4) is 0 Å². The zero-order valence-electron chi connectivity index (χ0n) is 7.19. The summed E-state index contributed by atoms with van der Waals surface area (Å²) in [7, 11) is 0. The second-order valence-electron chi connectivity index (χ2n) is 2.73. The van der Waals surface area contributed by atoms with E-state index in [0.717, 1.165) is 0 Å². The molecule has 1 aliphatic rings. The zero-order chi connectivity index (χ0) is 10.1. The Kier molecular flexibility index (Phi) is 1.53. The number of oxime groups is 1. The van der Waals surface area contributed by atoms with E-state index in [1.165, 1.54) is 19.0 Å². The molecule has 0 spiro atoms. The molecule has 1 unspecified atom stereocenters. The van der Waals surface area contributed by atoms with Crippen LogP contribution in [0.25, 0.3) is 0 Å². The third-order valence-electron chi connectivity index (χ3n) is 1.92. The van der Waals surface area contributed by atoms with Gasteiger partial charge in [-0.05, 0) is 0 Å². The van der Waals surface area contributed by atoms with Crippen molar-refractivity contribution in [2.75, 3.05) is 0 Å². The maximum atomic E-state index is 5.07. The number of nitrogens with zero attached hydrogens (tertiary/aromatic N) is 5. The number of nitrogens with one attached hydrogen (secondary N) is 1. The molecule has 76 valence electrons. The highest BCUT2D eigenvalue weighted by atomic mass is 16.8. The second-order valence-corrected chi connectivity index (χ2v) is 2.73. The minimum Gasteiger partial charge on any atom is -0.425 e. The van der Waals surface area contributed by atoms with E-state index in [4.69, 9.17) is 4.42 Å². The Labute approximate surface area is 82.1 Å². The normalized spacial score (nSPS) is 24.3. The van der Waals surface area contributed by atoms with Gasteiger partial charge in [-0.1, -0.05) is 10.3 Å². The molecular weight excluding hydrogens is 204 g/mol. The Bertz CT molecular complexity index is 429. The van der Waals surface area contributed by atoms with Crippen LogP contribution in [0.15, 0.2) is 26.9 Å². The van der Waals surface area contributed by atoms with Crippen molar-refractivity contribution < 1.29 is 13.9 Å². The van der Waals surface area contributed by atoms with Gasteiger partial charge in [-0.25, -0.2) is 0 Å². The first-order chi connectivity index (χ1) is 7.42. The first-order valence-corrected chi connectivity index (χ1v) is 3.93. The van der Waals surface area contributed by atoms with E-state index in [1.54, 1.807) is 0 Å². The molecule has 0 aromatic carbocycles. The van der Waals surface area contributed by atoms with Crippen molar-refractivity contribution in [3.05, 3.63) is 24.5 Å². The van der Waals surface area contributed by atoms with Crippen LogP contribution in [-0.4, -0.2) is 26.6 Å². The number of rotatable bonds is 2. The molecule has 0 radical (unpaired) electrons. The van der Waals surface area contributed by atoms with E-state index >= 15 is 0 Å². The SMILES string of the molecule is C1=NONC1(c1ncon1)c1nnco1. The summed E-state index contributed by atoms with van der Waals surface area (Å²) in [4.78, 5) is 8.57.